The molecular formula is C20H19FN2O3. The molecule has 2 aliphatic rings. The third-order valence-corrected chi connectivity index (χ3v) is 5.11. The number of hydrogen-bond acceptors (Lipinski definition) is 4. The molecule has 134 valence electrons. The molecule has 0 bridgehead atoms. The van der Waals surface area contributed by atoms with E-state index in [1.54, 1.807) is 24.5 Å². The topological polar surface area (TPSA) is 59.5 Å². The van der Waals surface area contributed by atoms with Gasteiger partial charge in [0, 0.05) is 43.4 Å². The van der Waals surface area contributed by atoms with Crippen LogP contribution in [0.4, 0.5) is 4.39 Å². The number of fused-ring (bicyclic) bond motifs is 1. The molecule has 1 saturated heterocycles. The zero-order valence-corrected chi connectivity index (χ0v) is 14.2. The highest BCUT2D eigenvalue weighted by atomic mass is 19.1. The molecule has 2 atom stereocenters. The maximum Gasteiger partial charge on any atom is 0.253 e. The number of nitrogens with zero attached hydrogens (tertiary/aromatic N) is 2. The van der Waals surface area contributed by atoms with Crippen molar-refractivity contribution in [1.82, 2.24) is 9.88 Å². The van der Waals surface area contributed by atoms with Crippen LogP contribution in [-0.2, 0) is 0 Å². The van der Waals surface area contributed by atoms with E-state index in [-0.39, 0.29) is 30.1 Å². The van der Waals surface area contributed by atoms with Gasteiger partial charge in [0.15, 0.2) is 5.78 Å². The van der Waals surface area contributed by atoms with Crippen molar-refractivity contribution in [1.29, 1.82) is 0 Å². The number of amides is 1. The summed E-state index contributed by atoms with van der Waals surface area (Å²) in [5.74, 6) is -0.0529. The summed E-state index contributed by atoms with van der Waals surface area (Å²) in [6.07, 6.45) is 4.91. The number of carbonyl (C=O) groups excluding carboxylic acids is 2. The van der Waals surface area contributed by atoms with E-state index >= 15 is 0 Å². The van der Waals surface area contributed by atoms with Crippen LogP contribution in [0.5, 0.6) is 5.75 Å². The van der Waals surface area contributed by atoms with Crippen LogP contribution in [0, 0.1) is 11.7 Å². The number of benzene rings is 1. The van der Waals surface area contributed by atoms with Crippen LogP contribution in [-0.4, -0.2) is 40.8 Å². The van der Waals surface area contributed by atoms with Gasteiger partial charge in [-0.3, -0.25) is 14.6 Å². The number of piperidine rings is 1. The van der Waals surface area contributed by atoms with Gasteiger partial charge in [-0.25, -0.2) is 4.39 Å². The summed E-state index contributed by atoms with van der Waals surface area (Å²) in [5, 5.41) is 0. The first kappa shape index (κ1) is 16.7. The summed E-state index contributed by atoms with van der Waals surface area (Å²) in [6, 6.07) is 7.45. The van der Waals surface area contributed by atoms with Crippen LogP contribution < -0.4 is 4.74 Å². The Morgan fingerprint density at radius 2 is 2.04 bits per heavy atom. The quantitative estimate of drug-likeness (QED) is 0.831. The molecule has 26 heavy (non-hydrogen) atoms. The fourth-order valence-corrected chi connectivity index (χ4v) is 3.76. The second-order valence-electron chi connectivity index (χ2n) is 6.81. The van der Waals surface area contributed by atoms with E-state index in [1.807, 2.05) is 4.90 Å². The van der Waals surface area contributed by atoms with Crippen LogP contribution >= 0.6 is 0 Å². The largest absolute Gasteiger partial charge is 0.489 e. The van der Waals surface area contributed by atoms with E-state index in [1.165, 1.54) is 18.2 Å². The number of carbonyl (C=O) groups is 2. The number of hydrogen-bond donors (Lipinski definition) is 0. The molecule has 0 spiro atoms. The predicted molar refractivity (Wildman–Crippen MR) is 92.6 cm³/mol. The Bertz CT molecular complexity index is 840. The monoisotopic (exact) mass is 354 g/mol. The number of rotatable bonds is 2. The minimum Gasteiger partial charge on any atom is -0.489 e. The molecule has 1 aromatic heterocycles. The van der Waals surface area contributed by atoms with Crippen LogP contribution in [0.3, 0.4) is 0 Å². The zero-order valence-electron chi connectivity index (χ0n) is 14.2. The molecule has 6 heteroatoms. The van der Waals surface area contributed by atoms with Crippen molar-refractivity contribution in [3.8, 4) is 5.75 Å². The molecule has 1 aromatic carbocycles. The smallest absolute Gasteiger partial charge is 0.253 e. The Kier molecular flexibility index (Phi) is 4.41. The fourth-order valence-electron chi connectivity index (χ4n) is 3.76. The van der Waals surface area contributed by atoms with Gasteiger partial charge < -0.3 is 9.64 Å². The second-order valence-corrected chi connectivity index (χ2v) is 6.81. The molecule has 3 heterocycles. The highest BCUT2D eigenvalue weighted by Crippen LogP contribution is 2.34. The minimum absolute atomic E-state index is 0.0262. The number of halogens is 1. The van der Waals surface area contributed by atoms with Crippen LogP contribution in [0.15, 0.2) is 42.7 Å². The molecular weight excluding hydrogens is 335 g/mol. The van der Waals surface area contributed by atoms with Gasteiger partial charge in [-0.05, 0) is 43.2 Å². The first-order chi connectivity index (χ1) is 12.6. The third-order valence-electron chi connectivity index (χ3n) is 5.11. The average Bonchev–Trinajstić information content (AvgIpc) is 2.68. The van der Waals surface area contributed by atoms with Crippen molar-refractivity contribution >= 4 is 11.7 Å². The Hall–Kier alpha value is -2.76. The molecule has 0 saturated carbocycles. The summed E-state index contributed by atoms with van der Waals surface area (Å²) in [6.45, 7) is 1.25. The Balaban J connectivity index is 1.49. The number of ketones is 1. The summed E-state index contributed by atoms with van der Waals surface area (Å²) in [7, 11) is 0. The average molecular weight is 354 g/mol. The summed E-state index contributed by atoms with van der Waals surface area (Å²) in [5.41, 5.74) is 0.920. The molecule has 0 unspecified atom stereocenters. The Morgan fingerprint density at radius 3 is 2.85 bits per heavy atom. The molecule has 5 nitrogen and oxygen atoms in total. The van der Waals surface area contributed by atoms with Crippen molar-refractivity contribution in [3.63, 3.8) is 0 Å². The first-order valence-electron chi connectivity index (χ1n) is 8.80. The van der Waals surface area contributed by atoms with Gasteiger partial charge >= 0.3 is 0 Å². The van der Waals surface area contributed by atoms with Gasteiger partial charge in [-0.2, -0.15) is 0 Å². The van der Waals surface area contributed by atoms with Gasteiger partial charge in [0.2, 0.25) is 0 Å². The minimum atomic E-state index is -0.439. The fraction of sp³-hybridized carbons (Fsp3) is 0.350. The molecule has 0 N–H and O–H groups in total. The lowest BCUT2D eigenvalue weighted by Gasteiger charge is -2.38. The van der Waals surface area contributed by atoms with Gasteiger partial charge in [0.25, 0.3) is 5.91 Å². The van der Waals surface area contributed by atoms with Crippen LogP contribution in [0.25, 0.3) is 0 Å². The number of likely N-dealkylation sites (tertiary alicyclic amines) is 1. The predicted octanol–water partition coefficient (Wildman–Crippen LogP) is 3.11. The number of Topliss-reactive ketones (excluding diaryl/α,β-unsaturated/α-hetero) is 1. The van der Waals surface area contributed by atoms with Gasteiger partial charge in [-0.1, -0.05) is 0 Å². The third kappa shape index (κ3) is 3.19. The van der Waals surface area contributed by atoms with Gasteiger partial charge in [-0.15, -0.1) is 0 Å². The van der Waals surface area contributed by atoms with E-state index in [0.717, 1.165) is 12.8 Å². The highest BCUT2D eigenvalue weighted by Gasteiger charge is 2.36. The number of pyridine rings is 1. The van der Waals surface area contributed by atoms with Crippen LogP contribution in [0.1, 0.15) is 40.0 Å². The van der Waals surface area contributed by atoms with Crippen LogP contribution in [0.2, 0.25) is 0 Å². The zero-order chi connectivity index (χ0) is 18.1. The lowest BCUT2D eigenvalue weighted by molar-refractivity contribution is 0.0408. The van der Waals surface area contributed by atoms with Crippen molar-refractivity contribution in [2.24, 2.45) is 5.92 Å². The molecule has 2 aliphatic heterocycles. The summed E-state index contributed by atoms with van der Waals surface area (Å²) in [4.78, 5) is 30.8. The molecule has 2 aromatic rings. The number of ether oxygens (including phenoxy) is 1. The van der Waals surface area contributed by atoms with E-state index in [9.17, 15) is 14.0 Å². The van der Waals surface area contributed by atoms with Gasteiger partial charge in [0.1, 0.15) is 17.7 Å². The maximum absolute atomic E-state index is 13.4. The molecule has 4 rings (SSSR count). The first-order valence-corrected chi connectivity index (χ1v) is 8.80. The molecule has 1 fully saturated rings. The summed E-state index contributed by atoms with van der Waals surface area (Å²) < 4.78 is 19.4. The molecule has 0 aliphatic carbocycles. The van der Waals surface area contributed by atoms with Gasteiger partial charge in [0.05, 0.1) is 5.56 Å². The molecule has 1 amide bonds. The van der Waals surface area contributed by atoms with Crippen molar-refractivity contribution in [2.45, 2.75) is 25.4 Å². The molecule has 0 radical (unpaired) electrons. The Labute approximate surface area is 150 Å². The second kappa shape index (κ2) is 6.86. The summed E-state index contributed by atoms with van der Waals surface area (Å²) >= 11 is 0. The standard InChI is InChI=1S/C20H19FN2O3/c21-15-3-4-18-16(10-15)17(24)11-19(26-18)14-2-1-9-23(12-14)20(25)13-5-7-22-8-6-13/h3-8,10,14,19H,1-2,9,11-12H2/t14-,19+/m0/s1. The normalized spacial score (nSPS) is 22.5. The van der Waals surface area contributed by atoms with E-state index in [4.69, 9.17) is 4.74 Å². The van der Waals surface area contributed by atoms with Crippen molar-refractivity contribution in [3.05, 3.63) is 59.7 Å². The SMILES string of the molecule is O=C1C[C@H]([C@H]2CCCN(C(=O)c3ccncc3)C2)Oc2ccc(F)cc21. The van der Waals surface area contributed by atoms with E-state index < -0.39 is 5.82 Å². The lowest BCUT2D eigenvalue weighted by atomic mass is 9.86. The van der Waals surface area contributed by atoms with E-state index in [0.29, 0.717) is 30.0 Å². The lowest BCUT2D eigenvalue weighted by Crippen LogP contribution is -2.46. The van der Waals surface area contributed by atoms with Crippen molar-refractivity contribution < 1.29 is 18.7 Å². The van der Waals surface area contributed by atoms with E-state index in [2.05, 4.69) is 4.98 Å². The highest BCUT2D eigenvalue weighted by molar-refractivity contribution is 6.00. The van der Waals surface area contributed by atoms with Crippen molar-refractivity contribution in [2.75, 3.05) is 13.1 Å². The number of aromatic nitrogens is 1. The Morgan fingerprint density at radius 1 is 1.23 bits per heavy atom. The maximum atomic E-state index is 13.4.